The fourth-order valence-electron chi connectivity index (χ4n) is 2.40. The highest BCUT2D eigenvalue weighted by Gasteiger charge is 2.28. The molecule has 2 rings (SSSR count). The van der Waals surface area contributed by atoms with Gasteiger partial charge in [-0.2, -0.15) is 0 Å². The van der Waals surface area contributed by atoms with Crippen molar-refractivity contribution < 1.29 is 4.74 Å². The maximum atomic E-state index is 5.96. The van der Waals surface area contributed by atoms with Crippen LogP contribution in [-0.4, -0.2) is 23.7 Å². The van der Waals surface area contributed by atoms with Crippen LogP contribution in [0.25, 0.3) is 0 Å². The molecule has 1 saturated heterocycles. The second kappa shape index (κ2) is 5.81. The first-order valence-corrected chi connectivity index (χ1v) is 6.83. The van der Waals surface area contributed by atoms with Crippen LogP contribution in [0.3, 0.4) is 0 Å². The van der Waals surface area contributed by atoms with Crippen molar-refractivity contribution in [3.8, 4) is 0 Å². The van der Waals surface area contributed by atoms with Gasteiger partial charge >= 0.3 is 0 Å². The SMILES string of the molecule is CC(C)(C)NCC1CCCOC1c1cccnc1. The van der Waals surface area contributed by atoms with Crippen molar-refractivity contribution in [1.82, 2.24) is 10.3 Å². The molecule has 1 aromatic heterocycles. The van der Waals surface area contributed by atoms with Crippen LogP contribution in [0, 0.1) is 5.92 Å². The average Bonchev–Trinajstić information content (AvgIpc) is 2.37. The molecule has 1 aromatic rings. The molecule has 2 heterocycles. The molecule has 0 bridgehead atoms. The van der Waals surface area contributed by atoms with Crippen molar-refractivity contribution in [3.63, 3.8) is 0 Å². The summed E-state index contributed by atoms with van der Waals surface area (Å²) in [4.78, 5) is 4.20. The molecule has 0 radical (unpaired) electrons. The lowest BCUT2D eigenvalue weighted by molar-refractivity contribution is -0.0294. The standard InChI is InChI=1S/C15H24N2O/c1-15(2,3)17-11-13-7-5-9-18-14(13)12-6-4-8-16-10-12/h4,6,8,10,13-14,17H,5,7,9,11H2,1-3H3. The van der Waals surface area contributed by atoms with E-state index in [9.17, 15) is 0 Å². The van der Waals surface area contributed by atoms with E-state index in [-0.39, 0.29) is 11.6 Å². The Morgan fingerprint density at radius 1 is 1.44 bits per heavy atom. The van der Waals surface area contributed by atoms with E-state index in [4.69, 9.17) is 4.74 Å². The van der Waals surface area contributed by atoms with Gasteiger partial charge in [0.25, 0.3) is 0 Å². The molecule has 3 nitrogen and oxygen atoms in total. The molecular weight excluding hydrogens is 224 g/mol. The topological polar surface area (TPSA) is 34.1 Å². The number of nitrogens with zero attached hydrogens (tertiary/aromatic N) is 1. The van der Waals surface area contributed by atoms with Crippen LogP contribution >= 0.6 is 0 Å². The van der Waals surface area contributed by atoms with Gasteiger partial charge in [-0.1, -0.05) is 6.07 Å². The van der Waals surface area contributed by atoms with Crippen molar-refractivity contribution >= 4 is 0 Å². The minimum absolute atomic E-state index is 0.164. The van der Waals surface area contributed by atoms with E-state index in [0.717, 1.165) is 19.6 Å². The molecule has 100 valence electrons. The van der Waals surface area contributed by atoms with Crippen LogP contribution in [0.5, 0.6) is 0 Å². The maximum Gasteiger partial charge on any atom is 0.0880 e. The number of ether oxygens (including phenoxy) is 1. The Balaban J connectivity index is 2.02. The lowest BCUT2D eigenvalue weighted by atomic mass is 9.89. The zero-order valence-corrected chi connectivity index (χ0v) is 11.6. The number of hydrogen-bond donors (Lipinski definition) is 1. The minimum Gasteiger partial charge on any atom is -0.373 e. The summed E-state index contributed by atoms with van der Waals surface area (Å²) in [6.07, 6.45) is 6.33. The molecule has 0 saturated carbocycles. The molecule has 2 atom stereocenters. The molecule has 1 aliphatic heterocycles. The van der Waals surface area contributed by atoms with Crippen LogP contribution in [0.4, 0.5) is 0 Å². The first-order valence-electron chi connectivity index (χ1n) is 6.83. The predicted molar refractivity (Wildman–Crippen MR) is 73.4 cm³/mol. The van der Waals surface area contributed by atoms with E-state index in [1.807, 2.05) is 18.5 Å². The Bertz CT molecular complexity index is 359. The molecule has 18 heavy (non-hydrogen) atoms. The van der Waals surface area contributed by atoms with E-state index >= 15 is 0 Å². The van der Waals surface area contributed by atoms with E-state index in [1.54, 1.807) is 0 Å². The lowest BCUT2D eigenvalue weighted by Crippen LogP contribution is -2.41. The van der Waals surface area contributed by atoms with Gasteiger partial charge in [-0.05, 0) is 45.2 Å². The molecule has 1 aliphatic rings. The predicted octanol–water partition coefficient (Wildman–Crippen LogP) is 2.94. The summed E-state index contributed by atoms with van der Waals surface area (Å²) in [6.45, 7) is 8.48. The summed E-state index contributed by atoms with van der Waals surface area (Å²) < 4.78 is 5.96. The molecule has 0 aromatic carbocycles. The highest BCUT2D eigenvalue weighted by atomic mass is 16.5. The summed E-state index contributed by atoms with van der Waals surface area (Å²) in [5.74, 6) is 0.544. The average molecular weight is 248 g/mol. The molecule has 1 fully saturated rings. The summed E-state index contributed by atoms with van der Waals surface area (Å²) in [5.41, 5.74) is 1.37. The van der Waals surface area contributed by atoms with Crippen molar-refractivity contribution in [1.29, 1.82) is 0 Å². The summed E-state index contributed by atoms with van der Waals surface area (Å²) in [5, 5.41) is 3.59. The quantitative estimate of drug-likeness (QED) is 0.893. The highest BCUT2D eigenvalue weighted by Crippen LogP contribution is 2.33. The zero-order valence-electron chi connectivity index (χ0n) is 11.6. The Labute approximate surface area is 110 Å². The fraction of sp³-hybridized carbons (Fsp3) is 0.667. The van der Waals surface area contributed by atoms with Crippen molar-refractivity contribution in [2.75, 3.05) is 13.2 Å². The summed E-state index contributed by atoms with van der Waals surface area (Å²) >= 11 is 0. The Morgan fingerprint density at radius 3 is 2.94 bits per heavy atom. The van der Waals surface area contributed by atoms with Gasteiger partial charge in [0.1, 0.15) is 0 Å². The second-order valence-corrected chi connectivity index (χ2v) is 6.11. The van der Waals surface area contributed by atoms with E-state index in [1.165, 1.54) is 12.0 Å². The van der Waals surface area contributed by atoms with Crippen LogP contribution in [0.1, 0.15) is 45.3 Å². The van der Waals surface area contributed by atoms with Gasteiger partial charge in [-0.25, -0.2) is 0 Å². The van der Waals surface area contributed by atoms with Crippen LogP contribution in [-0.2, 0) is 4.74 Å². The number of pyridine rings is 1. The normalized spacial score (nSPS) is 25.1. The Kier molecular flexibility index (Phi) is 4.36. The Hall–Kier alpha value is -0.930. The van der Waals surface area contributed by atoms with Gasteiger partial charge in [0.05, 0.1) is 6.10 Å². The third-order valence-electron chi connectivity index (χ3n) is 3.35. The van der Waals surface area contributed by atoms with Crippen molar-refractivity contribution in [3.05, 3.63) is 30.1 Å². The molecule has 1 N–H and O–H groups in total. The van der Waals surface area contributed by atoms with Gasteiger partial charge in [0, 0.05) is 37.0 Å². The van der Waals surface area contributed by atoms with Gasteiger partial charge < -0.3 is 10.1 Å². The highest BCUT2D eigenvalue weighted by molar-refractivity contribution is 5.14. The first kappa shape index (κ1) is 13.5. The number of rotatable bonds is 3. The van der Waals surface area contributed by atoms with Gasteiger partial charge in [-0.3, -0.25) is 4.98 Å². The number of aromatic nitrogens is 1. The Morgan fingerprint density at radius 2 is 2.28 bits per heavy atom. The largest absolute Gasteiger partial charge is 0.373 e. The monoisotopic (exact) mass is 248 g/mol. The van der Waals surface area contributed by atoms with Gasteiger partial charge in [0.15, 0.2) is 0 Å². The number of nitrogens with one attached hydrogen (secondary N) is 1. The fourth-order valence-corrected chi connectivity index (χ4v) is 2.40. The van der Waals surface area contributed by atoms with Crippen LogP contribution in [0.15, 0.2) is 24.5 Å². The molecular formula is C15H24N2O. The lowest BCUT2D eigenvalue weighted by Gasteiger charge is -2.34. The minimum atomic E-state index is 0.164. The third-order valence-corrected chi connectivity index (χ3v) is 3.35. The first-order chi connectivity index (χ1) is 8.56. The smallest absolute Gasteiger partial charge is 0.0880 e. The molecule has 0 spiro atoms. The second-order valence-electron chi connectivity index (χ2n) is 6.11. The molecule has 2 unspecified atom stereocenters. The van der Waals surface area contributed by atoms with Crippen LogP contribution < -0.4 is 5.32 Å². The van der Waals surface area contributed by atoms with Crippen LogP contribution in [0.2, 0.25) is 0 Å². The van der Waals surface area contributed by atoms with E-state index in [2.05, 4.69) is 37.1 Å². The number of hydrogen-bond acceptors (Lipinski definition) is 3. The third kappa shape index (κ3) is 3.79. The maximum absolute atomic E-state index is 5.96. The van der Waals surface area contributed by atoms with Crippen molar-refractivity contribution in [2.24, 2.45) is 5.92 Å². The molecule has 3 heteroatoms. The molecule has 0 amide bonds. The van der Waals surface area contributed by atoms with E-state index in [0.29, 0.717) is 5.92 Å². The summed E-state index contributed by atoms with van der Waals surface area (Å²) in [6, 6.07) is 4.11. The van der Waals surface area contributed by atoms with Crippen molar-refractivity contribution in [2.45, 2.75) is 45.3 Å². The summed E-state index contributed by atoms with van der Waals surface area (Å²) in [7, 11) is 0. The van der Waals surface area contributed by atoms with Gasteiger partial charge in [0.2, 0.25) is 0 Å². The van der Waals surface area contributed by atoms with Gasteiger partial charge in [-0.15, -0.1) is 0 Å². The van der Waals surface area contributed by atoms with E-state index < -0.39 is 0 Å². The molecule has 0 aliphatic carbocycles. The zero-order chi connectivity index (χ0) is 13.0.